The molecule has 29 heavy (non-hydrogen) atoms. The van der Waals surface area contributed by atoms with Crippen molar-refractivity contribution in [2.45, 2.75) is 30.4 Å². The minimum atomic E-state index is -0.281. The Hall–Kier alpha value is -2.12. The Bertz CT molecular complexity index is 995. The molecule has 4 nitrogen and oxygen atoms in total. The lowest BCUT2D eigenvalue weighted by Crippen LogP contribution is -2.49. The summed E-state index contributed by atoms with van der Waals surface area (Å²) in [6, 6.07) is 13.3. The molecular formula is C22H24FN3OS2. The summed E-state index contributed by atoms with van der Waals surface area (Å²) in [5.74, 6) is -0.124. The number of thioether (sulfide) groups is 1. The average molecular weight is 430 g/mol. The van der Waals surface area contributed by atoms with Crippen LogP contribution in [0.15, 0.2) is 47.4 Å². The van der Waals surface area contributed by atoms with Crippen LogP contribution in [0.2, 0.25) is 0 Å². The van der Waals surface area contributed by atoms with Crippen LogP contribution in [0, 0.1) is 5.82 Å². The van der Waals surface area contributed by atoms with E-state index in [1.54, 1.807) is 6.07 Å². The SMILES string of the molecule is CC(C)Sc1ccc(CC(=O)N2CCN(c3nc4c(F)cccc4s3)CC2)cc1. The summed E-state index contributed by atoms with van der Waals surface area (Å²) in [4.78, 5) is 22.5. The molecule has 7 heteroatoms. The molecule has 2 heterocycles. The standard InChI is InChI=1S/C22H24FN3OS2/c1-15(2)28-17-8-6-16(7-9-17)14-20(27)25-10-12-26(13-11-25)22-24-21-18(23)4-3-5-19(21)29-22/h3-9,15H,10-14H2,1-2H3. The number of amides is 1. The lowest BCUT2D eigenvalue weighted by molar-refractivity contribution is -0.130. The number of piperazine rings is 1. The topological polar surface area (TPSA) is 36.4 Å². The third-order valence-corrected chi connectivity index (χ3v) is 7.01. The van der Waals surface area contributed by atoms with E-state index >= 15 is 0 Å². The number of carbonyl (C=O) groups excluding carboxylic acids is 1. The number of nitrogens with zero attached hydrogens (tertiary/aromatic N) is 3. The number of fused-ring (bicyclic) bond motifs is 1. The summed E-state index contributed by atoms with van der Waals surface area (Å²) < 4.78 is 14.8. The van der Waals surface area contributed by atoms with Crippen LogP contribution >= 0.6 is 23.1 Å². The van der Waals surface area contributed by atoms with Crippen molar-refractivity contribution in [3.05, 3.63) is 53.8 Å². The molecule has 0 N–H and O–H groups in total. The first kappa shape index (κ1) is 20.2. The predicted octanol–water partition coefficient (Wildman–Crippen LogP) is 4.83. The molecule has 0 bridgehead atoms. The summed E-state index contributed by atoms with van der Waals surface area (Å²) in [6.07, 6.45) is 0.430. The van der Waals surface area contributed by atoms with Gasteiger partial charge < -0.3 is 9.80 Å². The second-order valence-electron chi connectivity index (χ2n) is 7.44. The fourth-order valence-electron chi connectivity index (χ4n) is 3.43. The molecule has 1 aromatic heterocycles. The van der Waals surface area contributed by atoms with Gasteiger partial charge in [-0.3, -0.25) is 4.79 Å². The van der Waals surface area contributed by atoms with Crippen molar-refractivity contribution >= 4 is 44.4 Å². The molecule has 2 aromatic carbocycles. The normalized spacial score (nSPS) is 14.8. The third-order valence-electron chi connectivity index (χ3n) is 4.91. The van der Waals surface area contributed by atoms with Crippen molar-refractivity contribution in [1.82, 2.24) is 9.88 Å². The monoisotopic (exact) mass is 429 g/mol. The fraction of sp³-hybridized carbons (Fsp3) is 0.364. The van der Waals surface area contributed by atoms with Gasteiger partial charge in [-0.15, -0.1) is 11.8 Å². The van der Waals surface area contributed by atoms with Crippen LogP contribution in [-0.4, -0.2) is 47.2 Å². The maximum absolute atomic E-state index is 13.9. The molecule has 1 saturated heterocycles. The molecule has 1 aliphatic rings. The number of anilines is 1. The number of halogens is 1. The summed E-state index contributed by atoms with van der Waals surface area (Å²) in [5.41, 5.74) is 1.48. The molecule has 0 aliphatic carbocycles. The van der Waals surface area contributed by atoms with Crippen molar-refractivity contribution < 1.29 is 9.18 Å². The zero-order chi connectivity index (χ0) is 20.4. The first-order chi connectivity index (χ1) is 14.0. The Kier molecular flexibility index (Phi) is 6.06. The molecule has 152 valence electrons. The van der Waals surface area contributed by atoms with Crippen molar-refractivity contribution in [2.75, 3.05) is 31.1 Å². The van der Waals surface area contributed by atoms with Crippen molar-refractivity contribution in [3.8, 4) is 0 Å². The molecule has 1 amide bonds. The van der Waals surface area contributed by atoms with E-state index in [4.69, 9.17) is 0 Å². The van der Waals surface area contributed by atoms with Gasteiger partial charge in [0.25, 0.3) is 0 Å². The van der Waals surface area contributed by atoms with E-state index in [0.29, 0.717) is 30.3 Å². The Labute approximate surface area is 178 Å². The zero-order valence-electron chi connectivity index (χ0n) is 16.6. The van der Waals surface area contributed by atoms with Crippen LogP contribution < -0.4 is 4.90 Å². The average Bonchev–Trinajstić information content (AvgIpc) is 3.15. The Morgan fingerprint density at radius 1 is 1.14 bits per heavy atom. The highest BCUT2D eigenvalue weighted by molar-refractivity contribution is 7.99. The highest BCUT2D eigenvalue weighted by Gasteiger charge is 2.23. The van der Waals surface area contributed by atoms with E-state index in [2.05, 4.69) is 48.0 Å². The van der Waals surface area contributed by atoms with E-state index in [1.165, 1.54) is 22.3 Å². The van der Waals surface area contributed by atoms with Gasteiger partial charge in [-0.1, -0.05) is 43.4 Å². The van der Waals surface area contributed by atoms with Crippen LogP contribution in [0.25, 0.3) is 10.2 Å². The molecule has 0 unspecified atom stereocenters. The third kappa shape index (κ3) is 4.73. The summed E-state index contributed by atoms with van der Waals surface area (Å²) in [5, 5.41) is 1.38. The minimum Gasteiger partial charge on any atom is -0.345 e. The van der Waals surface area contributed by atoms with Crippen LogP contribution in [0.4, 0.5) is 9.52 Å². The molecule has 4 rings (SSSR count). The Morgan fingerprint density at radius 3 is 2.52 bits per heavy atom. The lowest BCUT2D eigenvalue weighted by atomic mass is 10.1. The zero-order valence-corrected chi connectivity index (χ0v) is 18.2. The highest BCUT2D eigenvalue weighted by atomic mass is 32.2. The number of para-hydroxylation sites is 1. The number of aromatic nitrogens is 1. The second kappa shape index (κ2) is 8.71. The molecule has 0 atom stereocenters. The number of hydrogen-bond donors (Lipinski definition) is 0. The maximum atomic E-state index is 13.9. The van der Waals surface area contributed by atoms with Crippen LogP contribution in [-0.2, 0) is 11.2 Å². The molecule has 0 spiro atoms. The van der Waals surface area contributed by atoms with E-state index in [-0.39, 0.29) is 11.7 Å². The van der Waals surface area contributed by atoms with Crippen molar-refractivity contribution in [1.29, 1.82) is 0 Å². The number of hydrogen-bond acceptors (Lipinski definition) is 5. The first-order valence-corrected chi connectivity index (χ1v) is 11.5. The molecule has 1 aliphatic heterocycles. The first-order valence-electron chi connectivity index (χ1n) is 9.83. The molecule has 0 saturated carbocycles. The van der Waals surface area contributed by atoms with E-state index in [9.17, 15) is 9.18 Å². The van der Waals surface area contributed by atoms with E-state index < -0.39 is 0 Å². The smallest absolute Gasteiger partial charge is 0.227 e. The van der Waals surface area contributed by atoms with Gasteiger partial charge in [-0.25, -0.2) is 9.37 Å². The summed E-state index contributed by atoms with van der Waals surface area (Å²) in [6.45, 7) is 7.12. The van der Waals surface area contributed by atoms with Crippen molar-refractivity contribution in [3.63, 3.8) is 0 Å². The van der Waals surface area contributed by atoms with Crippen LogP contribution in [0.5, 0.6) is 0 Å². The van der Waals surface area contributed by atoms with E-state index in [1.807, 2.05) is 22.7 Å². The predicted molar refractivity (Wildman–Crippen MR) is 120 cm³/mol. The minimum absolute atomic E-state index is 0.157. The fourth-order valence-corrected chi connectivity index (χ4v) is 5.30. The van der Waals surface area contributed by atoms with Gasteiger partial charge in [0, 0.05) is 36.3 Å². The van der Waals surface area contributed by atoms with Gasteiger partial charge in [0.05, 0.1) is 11.1 Å². The van der Waals surface area contributed by atoms with Gasteiger partial charge in [0.2, 0.25) is 5.91 Å². The van der Waals surface area contributed by atoms with Gasteiger partial charge in [0.15, 0.2) is 5.13 Å². The quantitative estimate of drug-likeness (QED) is 0.545. The number of rotatable bonds is 5. The summed E-state index contributed by atoms with van der Waals surface area (Å²) in [7, 11) is 0. The Morgan fingerprint density at radius 2 is 1.86 bits per heavy atom. The maximum Gasteiger partial charge on any atom is 0.227 e. The summed E-state index contributed by atoms with van der Waals surface area (Å²) >= 11 is 3.33. The largest absolute Gasteiger partial charge is 0.345 e. The van der Waals surface area contributed by atoms with Crippen LogP contribution in [0.3, 0.4) is 0 Å². The van der Waals surface area contributed by atoms with E-state index in [0.717, 1.165) is 28.5 Å². The van der Waals surface area contributed by atoms with Gasteiger partial charge >= 0.3 is 0 Å². The molecule has 1 fully saturated rings. The lowest BCUT2D eigenvalue weighted by Gasteiger charge is -2.34. The van der Waals surface area contributed by atoms with Gasteiger partial charge in [-0.2, -0.15) is 0 Å². The van der Waals surface area contributed by atoms with Crippen molar-refractivity contribution in [2.24, 2.45) is 0 Å². The van der Waals surface area contributed by atoms with Crippen LogP contribution in [0.1, 0.15) is 19.4 Å². The molecule has 3 aromatic rings. The number of thiazole rings is 1. The number of carbonyl (C=O) groups is 1. The van der Waals surface area contributed by atoms with Gasteiger partial charge in [-0.05, 0) is 29.8 Å². The molecule has 0 radical (unpaired) electrons. The Balaban J connectivity index is 1.34. The number of benzene rings is 2. The van der Waals surface area contributed by atoms with Gasteiger partial charge in [0.1, 0.15) is 11.3 Å². The highest BCUT2D eigenvalue weighted by Crippen LogP contribution is 2.30. The molecular weight excluding hydrogens is 405 g/mol. The second-order valence-corrected chi connectivity index (χ2v) is 10.1.